The van der Waals surface area contributed by atoms with Crippen molar-refractivity contribution in [1.29, 1.82) is 0 Å². The van der Waals surface area contributed by atoms with Crippen molar-refractivity contribution in [2.24, 2.45) is 0 Å². The Labute approximate surface area is 128 Å². The molecule has 106 valence electrons. The monoisotopic (exact) mass is 375 g/mol. The molecule has 0 unspecified atom stereocenters. The van der Waals surface area contributed by atoms with E-state index in [1.807, 2.05) is 6.20 Å². The van der Waals surface area contributed by atoms with E-state index in [4.69, 9.17) is 9.72 Å². The molecule has 0 radical (unpaired) electrons. The number of hydrogen-bond donors (Lipinski definition) is 1. The summed E-state index contributed by atoms with van der Waals surface area (Å²) in [5.74, 6) is 1.78. The van der Waals surface area contributed by atoms with Crippen molar-refractivity contribution in [2.45, 2.75) is 51.0 Å². The molecule has 1 N–H and O–H groups in total. The molecule has 0 aromatic carbocycles. The van der Waals surface area contributed by atoms with Crippen LogP contribution in [0.15, 0.2) is 6.20 Å². The Morgan fingerprint density at radius 2 is 2.11 bits per heavy atom. The molecule has 0 bridgehead atoms. The second-order valence-corrected chi connectivity index (χ2v) is 6.24. The van der Waals surface area contributed by atoms with Gasteiger partial charge in [0, 0.05) is 19.9 Å². The molecule has 0 atom stereocenters. The van der Waals surface area contributed by atoms with Crippen LogP contribution in [0.25, 0.3) is 0 Å². The van der Waals surface area contributed by atoms with Crippen molar-refractivity contribution in [1.82, 2.24) is 9.97 Å². The van der Waals surface area contributed by atoms with E-state index in [0.717, 1.165) is 41.0 Å². The first kappa shape index (κ1) is 15.0. The molecule has 19 heavy (non-hydrogen) atoms. The van der Waals surface area contributed by atoms with Gasteiger partial charge in [-0.05, 0) is 41.9 Å². The molecule has 4 nitrogen and oxygen atoms in total. The molecule has 0 aliphatic heterocycles. The zero-order chi connectivity index (χ0) is 13.7. The van der Waals surface area contributed by atoms with E-state index in [-0.39, 0.29) is 5.60 Å². The predicted molar refractivity (Wildman–Crippen MR) is 85.3 cm³/mol. The van der Waals surface area contributed by atoms with Crippen molar-refractivity contribution < 1.29 is 4.74 Å². The maximum atomic E-state index is 5.81. The maximum absolute atomic E-state index is 5.81. The molecular formula is C14H22IN3O. The fourth-order valence-electron chi connectivity index (χ4n) is 2.60. The molecule has 1 heterocycles. The zero-order valence-corrected chi connectivity index (χ0v) is 13.9. The van der Waals surface area contributed by atoms with Gasteiger partial charge in [0.15, 0.2) is 5.82 Å². The molecule has 0 spiro atoms. The Hall–Kier alpha value is -0.430. The highest BCUT2D eigenvalue weighted by atomic mass is 127. The minimum absolute atomic E-state index is 0.273. The Morgan fingerprint density at radius 1 is 1.37 bits per heavy atom. The molecule has 5 heteroatoms. The molecule has 1 aliphatic rings. The smallest absolute Gasteiger partial charge is 0.162 e. The topological polar surface area (TPSA) is 47.0 Å². The van der Waals surface area contributed by atoms with E-state index in [9.17, 15) is 0 Å². The number of halogens is 1. The normalized spacial score (nSPS) is 18.3. The highest BCUT2D eigenvalue weighted by Crippen LogP contribution is 2.38. The lowest BCUT2D eigenvalue weighted by Gasteiger charge is -2.34. The molecule has 1 aromatic rings. The highest BCUT2D eigenvalue weighted by molar-refractivity contribution is 14.1. The summed E-state index contributed by atoms with van der Waals surface area (Å²) >= 11 is 2.28. The predicted octanol–water partition coefficient (Wildman–Crippen LogP) is 3.71. The van der Waals surface area contributed by atoms with Gasteiger partial charge in [0.2, 0.25) is 0 Å². The lowest BCUT2D eigenvalue weighted by molar-refractivity contribution is -0.0514. The van der Waals surface area contributed by atoms with E-state index in [2.05, 4.69) is 39.8 Å². The molecule has 1 fully saturated rings. The van der Waals surface area contributed by atoms with Crippen LogP contribution in [0.2, 0.25) is 0 Å². The first-order valence-electron chi connectivity index (χ1n) is 7.04. The highest BCUT2D eigenvalue weighted by Gasteiger charge is 2.37. The van der Waals surface area contributed by atoms with E-state index in [0.29, 0.717) is 0 Å². The SMILES string of the molecule is CCCNc1nc(C2(OC)CCCCC2)ncc1I. The summed E-state index contributed by atoms with van der Waals surface area (Å²) in [4.78, 5) is 9.25. The van der Waals surface area contributed by atoms with Gasteiger partial charge in [-0.15, -0.1) is 0 Å². The van der Waals surface area contributed by atoms with Gasteiger partial charge in [-0.25, -0.2) is 9.97 Å². The number of nitrogens with one attached hydrogen (secondary N) is 1. The van der Waals surface area contributed by atoms with Crippen molar-refractivity contribution in [2.75, 3.05) is 19.0 Å². The molecule has 1 saturated carbocycles. The quantitative estimate of drug-likeness (QED) is 0.798. The van der Waals surface area contributed by atoms with Gasteiger partial charge in [0.25, 0.3) is 0 Å². The standard InChI is InChI=1S/C14H22IN3O/c1-3-9-16-12-11(15)10-17-13(18-12)14(19-2)7-5-4-6-8-14/h10H,3-9H2,1-2H3,(H,16,17,18). The van der Waals surface area contributed by atoms with Gasteiger partial charge in [-0.3, -0.25) is 0 Å². The second kappa shape index (κ2) is 6.83. The molecule has 1 aliphatic carbocycles. The average Bonchev–Trinajstić information content (AvgIpc) is 2.47. The first-order chi connectivity index (χ1) is 9.22. The van der Waals surface area contributed by atoms with Crippen LogP contribution in [0.1, 0.15) is 51.3 Å². The van der Waals surface area contributed by atoms with Crippen molar-refractivity contribution in [3.05, 3.63) is 15.6 Å². The zero-order valence-electron chi connectivity index (χ0n) is 11.7. The minimum Gasteiger partial charge on any atom is -0.370 e. The lowest BCUT2D eigenvalue weighted by atomic mass is 9.84. The number of hydrogen-bond acceptors (Lipinski definition) is 4. The van der Waals surface area contributed by atoms with Gasteiger partial charge in [-0.2, -0.15) is 0 Å². The van der Waals surface area contributed by atoms with Crippen LogP contribution < -0.4 is 5.32 Å². The van der Waals surface area contributed by atoms with Gasteiger partial charge in [-0.1, -0.05) is 26.2 Å². The number of ether oxygens (including phenoxy) is 1. The van der Waals surface area contributed by atoms with Crippen LogP contribution in [0.5, 0.6) is 0 Å². The first-order valence-corrected chi connectivity index (χ1v) is 8.12. The molecule has 0 amide bonds. The third-order valence-electron chi connectivity index (χ3n) is 3.75. The molecule has 1 aromatic heterocycles. The van der Waals surface area contributed by atoms with Crippen molar-refractivity contribution in [3.63, 3.8) is 0 Å². The van der Waals surface area contributed by atoms with E-state index in [1.54, 1.807) is 7.11 Å². The van der Waals surface area contributed by atoms with E-state index >= 15 is 0 Å². The Kier molecular flexibility index (Phi) is 5.38. The number of aromatic nitrogens is 2. The summed E-state index contributed by atoms with van der Waals surface area (Å²) in [6.07, 6.45) is 8.72. The fourth-order valence-corrected chi connectivity index (χ4v) is 3.05. The fraction of sp³-hybridized carbons (Fsp3) is 0.714. The second-order valence-electron chi connectivity index (χ2n) is 5.08. The number of anilines is 1. The van der Waals surface area contributed by atoms with Gasteiger partial charge < -0.3 is 10.1 Å². The average molecular weight is 375 g/mol. The summed E-state index contributed by atoms with van der Waals surface area (Å²) in [5.41, 5.74) is -0.273. The van der Waals surface area contributed by atoms with Crippen LogP contribution in [-0.2, 0) is 10.3 Å². The Balaban J connectivity index is 2.27. The summed E-state index contributed by atoms with van der Waals surface area (Å²) in [5, 5.41) is 3.37. The van der Waals surface area contributed by atoms with Gasteiger partial charge in [0.1, 0.15) is 11.4 Å². The summed E-state index contributed by atoms with van der Waals surface area (Å²) < 4.78 is 6.88. The van der Waals surface area contributed by atoms with Crippen LogP contribution in [-0.4, -0.2) is 23.6 Å². The number of rotatable bonds is 5. The summed E-state index contributed by atoms with van der Waals surface area (Å²) in [6.45, 7) is 3.09. The number of methoxy groups -OCH3 is 1. The van der Waals surface area contributed by atoms with Gasteiger partial charge >= 0.3 is 0 Å². The lowest BCUT2D eigenvalue weighted by Crippen LogP contribution is -2.33. The van der Waals surface area contributed by atoms with Crippen LogP contribution in [0, 0.1) is 3.57 Å². The van der Waals surface area contributed by atoms with Crippen molar-refractivity contribution in [3.8, 4) is 0 Å². The third-order valence-corrected chi connectivity index (χ3v) is 4.54. The summed E-state index contributed by atoms with van der Waals surface area (Å²) in [6, 6.07) is 0. The Bertz CT molecular complexity index is 419. The summed E-state index contributed by atoms with van der Waals surface area (Å²) in [7, 11) is 1.78. The minimum atomic E-state index is -0.273. The molecule has 2 rings (SSSR count). The van der Waals surface area contributed by atoms with Crippen LogP contribution in [0.3, 0.4) is 0 Å². The largest absolute Gasteiger partial charge is 0.370 e. The molecular weight excluding hydrogens is 353 g/mol. The van der Waals surface area contributed by atoms with E-state index < -0.39 is 0 Å². The van der Waals surface area contributed by atoms with Crippen LogP contribution >= 0.6 is 22.6 Å². The van der Waals surface area contributed by atoms with Crippen LogP contribution in [0.4, 0.5) is 5.82 Å². The molecule has 0 saturated heterocycles. The van der Waals surface area contributed by atoms with E-state index in [1.165, 1.54) is 19.3 Å². The van der Waals surface area contributed by atoms with Gasteiger partial charge in [0.05, 0.1) is 3.57 Å². The Morgan fingerprint density at radius 3 is 2.74 bits per heavy atom. The third kappa shape index (κ3) is 3.37. The number of nitrogens with zero attached hydrogens (tertiary/aromatic N) is 2. The maximum Gasteiger partial charge on any atom is 0.162 e. The van der Waals surface area contributed by atoms with Crippen molar-refractivity contribution >= 4 is 28.4 Å².